The molecule has 1 N–H and O–H groups in total. The summed E-state index contributed by atoms with van der Waals surface area (Å²) < 4.78 is 28.8. The zero-order chi connectivity index (χ0) is 30.7. The number of hydrogen-bond donors (Lipinski definition) is 1. The van der Waals surface area contributed by atoms with Crippen molar-refractivity contribution in [1.82, 2.24) is 10.2 Å². The quantitative estimate of drug-likeness (QED) is 0.265. The van der Waals surface area contributed by atoms with Gasteiger partial charge in [-0.2, -0.15) is 0 Å². The maximum absolute atomic E-state index is 14.0. The summed E-state index contributed by atoms with van der Waals surface area (Å²) in [6.07, 6.45) is 0. The van der Waals surface area contributed by atoms with Crippen LogP contribution < -0.4 is 9.62 Å². The maximum atomic E-state index is 14.0. The lowest BCUT2D eigenvalue weighted by Crippen LogP contribution is -2.54. The molecule has 0 fully saturated rings. The van der Waals surface area contributed by atoms with E-state index in [1.54, 1.807) is 37.3 Å². The molecular weight excluding hydrogens is 628 g/mol. The molecule has 12 heteroatoms. The Morgan fingerprint density at radius 3 is 2.00 bits per heavy atom. The Balaban J connectivity index is 2.10. The summed E-state index contributed by atoms with van der Waals surface area (Å²) in [4.78, 5) is 28.5. The number of nitrogens with one attached hydrogen (secondary N) is 1. The van der Waals surface area contributed by atoms with E-state index in [0.717, 1.165) is 9.87 Å². The van der Waals surface area contributed by atoms with Gasteiger partial charge in [0, 0.05) is 27.7 Å². The molecule has 0 saturated heterocycles. The lowest BCUT2D eigenvalue weighted by molar-refractivity contribution is -0.140. The fourth-order valence-corrected chi connectivity index (χ4v) is 6.13. The summed E-state index contributed by atoms with van der Waals surface area (Å²) in [5.74, 6) is -1.10. The number of rotatable bonds is 9. The molecular formula is C29H31Cl4N3O4S. The van der Waals surface area contributed by atoms with Crippen molar-refractivity contribution in [3.8, 4) is 0 Å². The Bertz CT molecular complexity index is 1520. The van der Waals surface area contributed by atoms with Crippen LogP contribution in [0.4, 0.5) is 5.69 Å². The summed E-state index contributed by atoms with van der Waals surface area (Å²) >= 11 is 25.2. The SMILES string of the molecule is Cc1ccc(S(=O)(=O)N(CC(=O)N(Cc2c(Cl)cccc2Cl)[C@H](C)C(=O)NC(C)(C)C)c2ccc(Cl)c(Cl)c2)cc1. The molecule has 1 atom stereocenters. The molecule has 0 aliphatic heterocycles. The van der Waals surface area contributed by atoms with Gasteiger partial charge in [-0.1, -0.05) is 70.2 Å². The number of sulfonamides is 1. The monoisotopic (exact) mass is 657 g/mol. The minimum atomic E-state index is -4.26. The molecule has 41 heavy (non-hydrogen) atoms. The van der Waals surface area contributed by atoms with E-state index >= 15 is 0 Å². The highest BCUT2D eigenvalue weighted by Crippen LogP contribution is 2.32. The number of benzene rings is 3. The van der Waals surface area contributed by atoms with Gasteiger partial charge in [0.05, 0.1) is 20.6 Å². The van der Waals surface area contributed by atoms with Crippen molar-refractivity contribution in [2.45, 2.75) is 57.6 Å². The molecule has 0 spiro atoms. The van der Waals surface area contributed by atoms with Crippen molar-refractivity contribution in [3.05, 3.63) is 91.9 Å². The normalized spacial score (nSPS) is 12.5. The van der Waals surface area contributed by atoms with Crippen LogP contribution >= 0.6 is 46.4 Å². The number of halogens is 4. The Labute approximate surface area is 261 Å². The summed E-state index contributed by atoms with van der Waals surface area (Å²) in [5, 5.41) is 3.79. The standard InChI is InChI=1S/C29H31Cl4N3O4S/c1-18-9-12-21(13-10-18)41(39,40)36(20-11-14-25(32)26(33)15-20)17-27(37)35(19(2)28(38)34-29(3,4)5)16-22-23(30)7-6-8-24(22)31/h6-15,19H,16-17H2,1-5H3,(H,34,38)/t19-/m1/s1. The molecule has 0 bridgehead atoms. The van der Waals surface area contributed by atoms with Gasteiger partial charge in [-0.25, -0.2) is 8.42 Å². The van der Waals surface area contributed by atoms with Crippen LogP contribution in [-0.4, -0.2) is 43.3 Å². The number of aryl methyl sites for hydroxylation is 1. The zero-order valence-corrected chi connectivity index (χ0v) is 27.1. The second kappa shape index (κ2) is 13.2. The maximum Gasteiger partial charge on any atom is 0.264 e. The Kier molecular flexibility index (Phi) is 10.6. The van der Waals surface area contributed by atoms with Crippen molar-refractivity contribution in [2.75, 3.05) is 10.8 Å². The van der Waals surface area contributed by atoms with Gasteiger partial charge in [-0.3, -0.25) is 13.9 Å². The van der Waals surface area contributed by atoms with Crippen molar-refractivity contribution < 1.29 is 18.0 Å². The molecule has 220 valence electrons. The summed E-state index contributed by atoms with van der Waals surface area (Å²) in [5.41, 5.74) is 0.823. The largest absolute Gasteiger partial charge is 0.350 e. The van der Waals surface area contributed by atoms with Gasteiger partial charge in [0.2, 0.25) is 11.8 Å². The van der Waals surface area contributed by atoms with Crippen molar-refractivity contribution in [2.24, 2.45) is 0 Å². The Morgan fingerprint density at radius 2 is 1.46 bits per heavy atom. The first-order valence-electron chi connectivity index (χ1n) is 12.6. The number of anilines is 1. The van der Waals surface area contributed by atoms with Crippen LogP contribution in [0.2, 0.25) is 20.1 Å². The molecule has 0 aromatic heterocycles. The van der Waals surface area contributed by atoms with Crippen LogP contribution in [0.1, 0.15) is 38.8 Å². The molecule has 0 aliphatic rings. The average molecular weight is 659 g/mol. The molecule has 0 saturated carbocycles. The predicted molar refractivity (Wildman–Crippen MR) is 167 cm³/mol. The number of amides is 2. The molecule has 7 nitrogen and oxygen atoms in total. The number of hydrogen-bond acceptors (Lipinski definition) is 4. The molecule has 3 rings (SSSR count). The van der Waals surface area contributed by atoms with Crippen molar-refractivity contribution >= 4 is 73.9 Å². The van der Waals surface area contributed by atoms with E-state index in [4.69, 9.17) is 46.4 Å². The van der Waals surface area contributed by atoms with E-state index in [2.05, 4.69) is 5.32 Å². The molecule has 3 aromatic rings. The van der Waals surface area contributed by atoms with Gasteiger partial charge in [-0.15, -0.1) is 0 Å². The van der Waals surface area contributed by atoms with E-state index in [1.165, 1.54) is 35.2 Å². The van der Waals surface area contributed by atoms with Crippen LogP contribution in [0.5, 0.6) is 0 Å². The first-order valence-corrected chi connectivity index (χ1v) is 15.6. The first-order chi connectivity index (χ1) is 19.0. The van der Waals surface area contributed by atoms with E-state index in [-0.39, 0.29) is 27.2 Å². The van der Waals surface area contributed by atoms with E-state index in [0.29, 0.717) is 15.6 Å². The molecule has 2 amide bonds. The lowest BCUT2D eigenvalue weighted by atomic mass is 10.1. The fraction of sp³-hybridized carbons (Fsp3) is 0.310. The van der Waals surface area contributed by atoms with E-state index < -0.39 is 40.0 Å². The van der Waals surface area contributed by atoms with Crippen molar-refractivity contribution in [1.29, 1.82) is 0 Å². The molecule has 0 unspecified atom stereocenters. The smallest absolute Gasteiger partial charge is 0.264 e. The van der Waals surface area contributed by atoms with Gasteiger partial charge in [0.1, 0.15) is 12.6 Å². The van der Waals surface area contributed by atoms with Gasteiger partial charge in [0.25, 0.3) is 10.0 Å². The Hall–Kier alpha value is -2.49. The topological polar surface area (TPSA) is 86.8 Å². The first kappa shape index (κ1) is 33.0. The molecule has 0 heterocycles. The van der Waals surface area contributed by atoms with E-state index in [1.807, 2.05) is 27.7 Å². The van der Waals surface area contributed by atoms with Crippen LogP contribution in [0.3, 0.4) is 0 Å². The van der Waals surface area contributed by atoms with Gasteiger partial charge < -0.3 is 10.2 Å². The van der Waals surface area contributed by atoms with Crippen molar-refractivity contribution in [3.63, 3.8) is 0 Å². The second-order valence-electron chi connectivity index (χ2n) is 10.6. The lowest BCUT2D eigenvalue weighted by Gasteiger charge is -2.34. The molecule has 0 aliphatic carbocycles. The fourth-order valence-electron chi connectivity index (χ4n) is 3.92. The van der Waals surface area contributed by atoms with Crippen LogP contribution in [-0.2, 0) is 26.2 Å². The number of carbonyl (C=O) groups excluding carboxylic acids is 2. The number of nitrogens with zero attached hydrogens (tertiary/aromatic N) is 2. The average Bonchev–Trinajstić information content (AvgIpc) is 2.87. The Morgan fingerprint density at radius 1 is 0.878 bits per heavy atom. The highest BCUT2D eigenvalue weighted by molar-refractivity contribution is 7.92. The third kappa shape index (κ3) is 8.30. The second-order valence-corrected chi connectivity index (χ2v) is 14.1. The van der Waals surface area contributed by atoms with Crippen LogP contribution in [0.15, 0.2) is 65.6 Å². The summed E-state index contributed by atoms with van der Waals surface area (Å²) in [6.45, 7) is 8.04. The number of carbonyl (C=O) groups is 2. The van der Waals surface area contributed by atoms with Gasteiger partial charge in [0.15, 0.2) is 0 Å². The minimum Gasteiger partial charge on any atom is -0.350 e. The van der Waals surface area contributed by atoms with Crippen LogP contribution in [0, 0.1) is 6.92 Å². The van der Waals surface area contributed by atoms with Gasteiger partial charge in [-0.05, 0) is 77.1 Å². The summed E-state index contributed by atoms with van der Waals surface area (Å²) in [6, 6.07) is 14.4. The third-order valence-electron chi connectivity index (χ3n) is 6.13. The molecule has 0 radical (unpaired) electrons. The van der Waals surface area contributed by atoms with Gasteiger partial charge >= 0.3 is 0 Å². The van der Waals surface area contributed by atoms with E-state index in [9.17, 15) is 18.0 Å². The summed E-state index contributed by atoms with van der Waals surface area (Å²) in [7, 11) is -4.26. The highest BCUT2D eigenvalue weighted by Gasteiger charge is 2.34. The minimum absolute atomic E-state index is 0.0267. The predicted octanol–water partition coefficient (Wildman–Crippen LogP) is 7.14. The highest BCUT2D eigenvalue weighted by atomic mass is 35.5. The zero-order valence-electron chi connectivity index (χ0n) is 23.2. The molecule has 3 aromatic carbocycles. The third-order valence-corrected chi connectivity index (χ3v) is 9.37. The van der Waals surface area contributed by atoms with Crippen LogP contribution in [0.25, 0.3) is 0 Å².